The van der Waals surface area contributed by atoms with E-state index in [1.807, 2.05) is 68.6 Å². The zero-order chi connectivity index (χ0) is 16.8. The number of benzene rings is 2. The summed E-state index contributed by atoms with van der Waals surface area (Å²) in [5.74, 6) is 0.120. The topological polar surface area (TPSA) is 68.5 Å². The largest absolute Gasteiger partial charge is 0.274 e. The number of anilines is 1. The molecular formula is C18H18N4O. The first-order chi connectivity index (χ1) is 11.0. The summed E-state index contributed by atoms with van der Waals surface area (Å²) in [5, 5.41) is 10.6. The second-order valence-electron chi connectivity index (χ2n) is 5.24. The van der Waals surface area contributed by atoms with Gasteiger partial charge in [0.2, 0.25) is 12.1 Å². The SMILES string of the molecule is CC(=O)NN(C(=NC#N)c1ccc(C)cc1)c1ccc(C)cc1. The molecule has 0 aliphatic carbocycles. The Kier molecular flexibility index (Phi) is 5.11. The van der Waals surface area contributed by atoms with E-state index < -0.39 is 0 Å². The number of nitrogens with zero attached hydrogens (tertiary/aromatic N) is 3. The number of amides is 1. The van der Waals surface area contributed by atoms with Gasteiger partial charge >= 0.3 is 0 Å². The van der Waals surface area contributed by atoms with Crippen LogP contribution >= 0.6 is 0 Å². The van der Waals surface area contributed by atoms with Gasteiger partial charge in [-0.25, -0.2) is 5.01 Å². The van der Waals surface area contributed by atoms with E-state index >= 15 is 0 Å². The van der Waals surface area contributed by atoms with Crippen molar-refractivity contribution < 1.29 is 4.79 Å². The number of rotatable bonds is 2. The number of carbonyl (C=O) groups is 1. The number of nitriles is 1. The molecule has 0 radical (unpaired) electrons. The van der Waals surface area contributed by atoms with Crippen LogP contribution in [-0.2, 0) is 4.79 Å². The highest BCUT2D eigenvalue weighted by atomic mass is 16.2. The molecule has 116 valence electrons. The van der Waals surface area contributed by atoms with Crippen molar-refractivity contribution >= 4 is 17.4 Å². The third kappa shape index (κ3) is 4.17. The normalized spacial score (nSPS) is 10.8. The summed E-state index contributed by atoms with van der Waals surface area (Å²) in [4.78, 5) is 15.5. The first kappa shape index (κ1) is 16.2. The van der Waals surface area contributed by atoms with Gasteiger partial charge in [-0.05, 0) is 26.0 Å². The van der Waals surface area contributed by atoms with Gasteiger partial charge in [-0.3, -0.25) is 10.2 Å². The van der Waals surface area contributed by atoms with E-state index in [2.05, 4.69) is 10.4 Å². The number of amidine groups is 1. The molecule has 0 atom stereocenters. The highest BCUT2D eigenvalue weighted by molar-refractivity contribution is 6.11. The Hall–Kier alpha value is -3.13. The maximum absolute atomic E-state index is 11.6. The van der Waals surface area contributed by atoms with Gasteiger partial charge in [-0.2, -0.15) is 10.3 Å². The van der Waals surface area contributed by atoms with Crippen molar-refractivity contribution in [2.45, 2.75) is 20.8 Å². The molecule has 5 nitrogen and oxygen atoms in total. The lowest BCUT2D eigenvalue weighted by atomic mass is 10.1. The lowest BCUT2D eigenvalue weighted by Gasteiger charge is -2.25. The minimum Gasteiger partial charge on any atom is -0.274 e. The van der Waals surface area contributed by atoms with Crippen LogP contribution < -0.4 is 10.4 Å². The van der Waals surface area contributed by atoms with Crippen LogP contribution in [0.4, 0.5) is 5.69 Å². The Balaban J connectivity index is 2.51. The number of nitrogens with one attached hydrogen (secondary N) is 1. The van der Waals surface area contributed by atoms with Gasteiger partial charge in [-0.1, -0.05) is 47.5 Å². The monoisotopic (exact) mass is 306 g/mol. The number of aliphatic imine (C=N–C) groups is 1. The minimum absolute atomic E-state index is 0.247. The van der Waals surface area contributed by atoms with E-state index in [0.717, 1.165) is 22.4 Å². The maximum atomic E-state index is 11.6. The molecule has 0 spiro atoms. The molecule has 2 aromatic rings. The Morgan fingerprint density at radius 2 is 1.57 bits per heavy atom. The lowest BCUT2D eigenvalue weighted by Crippen LogP contribution is -2.46. The Morgan fingerprint density at radius 3 is 2.04 bits per heavy atom. The van der Waals surface area contributed by atoms with Crippen molar-refractivity contribution in [3.8, 4) is 6.19 Å². The molecule has 23 heavy (non-hydrogen) atoms. The van der Waals surface area contributed by atoms with Crippen LogP contribution in [0.25, 0.3) is 0 Å². The van der Waals surface area contributed by atoms with Crippen molar-refractivity contribution in [3.05, 3.63) is 65.2 Å². The molecule has 0 fully saturated rings. The van der Waals surface area contributed by atoms with Crippen LogP contribution in [0.3, 0.4) is 0 Å². The predicted molar refractivity (Wildman–Crippen MR) is 90.8 cm³/mol. The first-order valence-electron chi connectivity index (χ1n) is 7.19. The molecule has 2 aromatic carbocycles. The molecule has 1 amide bonds. The van der Waals surface area contributed by atoms with Crippen LogP contribution in [-0.4, -0.2) is 11.7 Å². The van der Waals surface area contributed by atoms with Crippen LogP contribution in [0.2, 0.25) is 0 Å². The van der Waals surface area contributed by atoms with Crippen LogP contribution in [0.1, 0.15) is 23.6 Å². The molecule has 0 aliphatic rings. The highest BCUT2D eigenvalue weighted by Gasteiger charge is 2.17. The standard InChI is InChI=1S/C18H18N4O/c1-13-4-8-16(9-5-13)18(20-12-19)22(21-15(3)23)17-10-6-14(2)7-11-17/h4-11H,1-3H3,(H,21,23). The summed E-state index contributed by atoms with van der Waals surface area (Å²) in [7, 11) is 0. The van der Waals surface area contributed by atoms with Crippen LogP contribution in [0.15, 0.2) is 53.5 Å². The van der Waals surface area contributed by atoms with E-state index in [4.69, 9.17) is 5.26 Å². The summed E-state index contributed by atoms with van der Waals surface area (Å²) >= 11 is 0. The van der Waals surface area contributed by atoms with Gasteiger partial charge in [0.15, 0.2) is 5.84 Å². The van der Waals surface area contributed by atoms with Gasteiger partial charge in [0.25, 0.3) is 0 Å². The number of hydrazine groups is 1. The maximum Gasteiger partial charge on any atom is 0.235 e. The third-order valence-corrected chi connectivity index (χ3v) is 3.24. The molecule has 0 heterocycles. The third-order valence-electron chi connectivity index (χ3n) is 3.24. The molecule has 0 saturated carbocycles. The fraction of sp³-hybridized carbons (Fsp3) is 0.167. The average molecular weight is 306 g/mol. The fourth-order valence-electron chi connectivity index (χ4n) is 2.08. The minimum atomic E-state index is -0.247. The van der Waals surface area contributed by atoms with Crippen molar-refractivity contribution in [1.29, 1.82) is 5.26 Å². The average Bonchev–Trinajstić information content (AvgIpc) is 2.52. The van der Waals surface area contributed by atoms with Gasteiger partial charge in [0.1, 0.15) is 0 Å². The van der Waals surface area contributed by atoms with E-state index in [1.165, 1.54) is 11.9 Å². The van der Waals surface area contributed by atoms with Gasteiger partial charge in [-0.15, -0.1) is 0 Å². The number of aryl methyl sites for hydroxylation is 2. The molecule has 1 N–H and O–H groups in total. The molecule has 0 bridgehead atoms. The van der Waals surface area contributed by atoms with Gasteiger partial charge in [0.05, 0.1) is 5.69 Å². The molecule has 5 heteroatoms. The van der Waals surface area contributed by atoms with Crippen LogP contribution in [0, 0.1) is 25.3 Å². The Labute approximate surface area is 135 Å². The Morgan fingerprint density at radius 1 is 1.04 bits per heavy atom. The number of carbonyl (C=O) groups excluding carboxylic acids is 1. The van der Waals surface area contributed by atoms with E-state index in [0.29, 0.717) is 5.84 Å². The zero-order valence-corrected chi connectivity index (χ0v) is 13.4. The molecule has 0 aromatic heterocycles. The van der Waals surface area contributed by atoms with E-state index in [9.17, 15) is 4.79 Å². The summed E-state index contributed by atoms with van der Waals surface area (Å²) in [5.41, 5.74) is 6.40. The van der Waals surface area contributed by atoms with E-state index in [-0.39, 0.29) is 5.91 Å². The first-order valence-corrected chi connectivity index (χ1v) is 7.19. The highest BCUT2D eigenvalue weighted by Crippen LogP contribution is 2.17. The number of hydrogen-bond donors (Lipinski definition) is 1. The lowest BCUT2D eigenvalue weighted by molar-refractivity contribution is -0.118. The van der Waals surface area contributed by atoms with Crippen molar-refractivity contribution in [3.63, 3.8) is 0 Å². The van der Waals surface area contributed by atoms with E-state index in [1.54, 1.807) is 0 Å². The van der Waals surface area contributed by atoms with Crippen molar-refractivity contribution in [1.82, 2.24) is 5.43 Å². The molecule has 0 aliphatic heterocycles. The summed E-state index contributed by atoms with van der Waals surface area (Å²) in [6.45, 7) is 5.38. The quantitative estimate of drug-likeness (QED) is 0.401. The van der Waals surface area contributed by atoms with Gasteiger partial charge < -0.3 is 0 Å². The summed E-state index contributed by atoms with van der Waals surface area (Å²) in [6, 6.07) is 15.2. The Bertz CT molecular complexity index is 755. The van der Waals surface area contributed by atoms with Crippen molar-refractivity contribution in [2.75, 3.05) is 5.01 Å². The molecule has 2 rings (SSSR count). The molecule has 0 unspecified atom stereocenters. The smallest absolute Gasteiger partial charge is 0.235 e. The van der Waals surface area contributed by atoms with Crippen LogP contribution in [0.5, 0.6) is 0 Å². The second-order valence-corrected chi connectivity index (χ2v) is 5.24. The zero-order valence-electron chi connectivity index (χ0n) is 13.4. The number of hydrogen-bond acceptors (Lipinski definition) is 3. The fourth-order valence-corrected chi connectivity index (χ4v) is 2.08. The molecular weight excluding hydrogens is 288 g/mol. The molecule has 0 saturated heterocycles. The summed E-state index contributed by atoms with van der Waals surface area (Å²) < 4.78 is 0. The van der Waals surface area contributed by atoms with Gasteiger partial charge in [0, 0.05) is 12.5 Å². The predicted octanol–water partition coefficient (Wildman–Crippen LogP) is 3.09. The summed E-state index contributed by atoms with van der Waals surface area (Å²) in [6.07, 6.45) is 1.81. The van der Waals surface area contributed by atoms with Crippen molar-refractivity contribution in [2.24, 2.45) is 4.99 Å². The second kappa shape index (κ2) is 7.23.